The monoisotopic (exact) mass is 627 g/mol. The number of ether oxygens (including phenoxy) is 3. The maximum absolute atomic E-state index is 14.2. The Labute approximate surface area is 257 Å². The summed E-state index contributed by atoms with van der Waals surface area (Å²) >= 11 is 0. The Bertz CT molecular complexity index is 1570. The van der Waals surface area contributed by atoms with Gasteiger partial charge in [0.15, 0.2) is 11.5 Å². The van der Waals surface area contributed by atoms with E-state index in [0.29, 0.717) is 30.1 Å². The second-order valence-corrected chi connectivity index (χ2v) is 12.3. The number of benzene rings is 3. The maximum atomic E-state index is 14.2. The predicted molar refractivity (Wildman–Crippen MR) is 164 cm³/mol. The van der Waals surface area contributed by atoms with E-state index in [2.05, 4.69) is 5.32 Å². The Hall–Kier alpha value is -4.32. The van der Waals surface area contributed by atoms with Crippen molar-refractivity contribution in [2.75, 3.05) is 31.2 Å². The predicted octanol–water partition coefficient (Wildman–Crippen LogP) is 4.52. The highest BCUT2D eigenvalue weighted by molar-refractivity contribution is 7.92. The Morgan fingerprint density at radius 3 is 2.34 bits per heavy atom. The lowest BCUT2D eigenvalue weighted by Crippen LogP contribution is -2.53. The van der Waals surface area contributed by atoms with Crippen molar-refractivity contribution in [3.8, 4) is 17.2 Å². The molecule has 4 rings (SSSR count). The molecule has 1 N–H and O–H groups in total. The van der Waals surface area contributed by atoms with Crippen LogP contribution in [0.1, 0.15) is 39.2 Å². The highest BCUT2D eigenvalue weighted by Crippen LogP contribution is 2.34. The summed E-state index contributed by atoms with van der Waals surface area (Å²) in [5, 5.41) is 2.94. The number of fused-ring (bicyclic) bond motifs is 1. The maximum Gasteiger partial charge on any atom is 0.264 e. The number of halogens is 1. The Morgan fingerprint density at radius 1 is 0.977 bits per heavy atom. The van der Waals surface area contributed by atoms with Crippen LogP contribution in [0.15, 0.2) is 71.6 Å². The molecule has 3 aromatic carbocycles. The number of sulfonamides is 1. The lowest BCUT2D eigenvalue weighted by Gasteiger charge is -2.34. The van der Waals surface area contributed by atoms with Crippen LogP contribution in [0.25, 0.3) is 0 Å². The lowest BCUT2D eigenvalue weighted by atomic mass is 10.1. The zero-order chi connectivity index (χ0) is 31.9. The first-order valence-electron chi connectivity index (χ1n) is 14.5. The SMILES string of the molecule is CC[C@@H](C)NC(=O)[C@H](CC)N(Cc1cccc(OC)c1)C(=O)CN(c1ccc(F)cc1)S(=O)(=O)c1ccc2c(c1)OCCO2. The van der Waals surface area contributed by atoms with E-state index in [9.17, 15) is 22.4 Å². The molecule has 44 heavy (non-hydrogen) atoms. The van der Waals surface area contributed by atoms with Gasteiger partial charge in [-0.15, -0.1) is 0 Å². The van der Waals surface area contributed by atoms with Crippen LogP contribution in [0.5, 0.6) is 17.2 Å². The summed E-state index contributed by atoms with van der Waals surface area (Å²) in [6.07, 6.45) is 0.974. The summed E-state index contributed by atoms with van der Waals surface area (Å²) in [6, 6.07) is 15.1. The fraction of sp³-hybridized carbons (Fsp3) is 0.375. The van der Waals surface area contributed by atoms with Crippen LogP contribution >= 0.6 is 0 Å². The van der Waals surface area contributed by atoms with Gasteiger partial charge in [0, 0.05) is 18.7 Å². The number of nitrogens with one attached hydrogen (secondary N) is 1. The summed E-state index contributed by atoms with van der Waals surface area (Å²) in [6.45, 7) is 5.55. The molecule has 236 valence electrons. The topological polar surface area (TPSA) is 114 Å². The Balaban J connectivity index is 1.75. The van der Waals surface area contributed by atoms with Crippen molar-refractivity contribution in [1.82, 2.24) is 10.2 Å². The Morgan fingerprint density at radius 2 is 1.68 bits per heavy atom. The molecule has 0 radical (unpaired) electrons. The molecule has 10 nitrogen and oxygen atoms in total. The van der Waals surface area contributed by atoms with Gasteiger partial charge in [0.05, 0.1) is 17.7 Å². The highest BCUT2D eigenvalue weighted by Gasteiger charge is 2.34. The van der Waals surface area contributed by atoms with Crippen molar-refractivity contribution in [3.05, 3.63) is 78.1 Å². The van der Waals surface area contributed by atoms with E-state index in [-0.39, 0.29) is 47.9 Å². The smallest absolute Gasteiger partial charge is 0.264 e. The van der Waals surface area contributed by atoms with E-state index in [1.165, 1.54) is 42.3 Å². The molecule has 0 unspecified atom stereocenters. The number of carbonyl (C=O) groups is 2. The van der Waals surface area contributed by atoms with Crippen molar-refractivity contribution in [2.24, 2.45) is 0 Å². The zero-order valence-corrected chi connectivity index (χ0v) is 26.1. The first-order valence-corrected chi connectivity index (χ1v) is 15.9. The highest BCUT2D eigenvalue weighted by atomic mass is 32.2. The number of hydrogen-bond acceptors (Lipinski definition) is 7. The van der Waals surface area contributed by atoms with Gasteiger partial charge in [0.1, 0.15) is 37.4 Å². The van der Waals surface area contributed by atoms with Gasteiger partial charge in [-0.05, 0) is 73.9 Å². The molecule has 2 amide bonds. The van der Waals surface area contributed by atoms with Gasteiger partial charge in [-0.1, -0.05) is 26.0 Å². The van der Waals surface area contributed by atoms with Gasteiger partial charge in [-0.3, -0.25) is 13.9 Å². The molecule has 1 heterocycles. The molecular weight excluding hydrogens is 589 g/mol. The fourth-order valence-electron chi connectivity index (χ4n) is 4.78. The van der Waals surface area contributed by atoms with Crippen molar-refractivity contribution >= 4 is 27.5 Å². The normalized spacial score (nSPS) is 13.8. The van der Waals surface area contributed by atoms with E-state index in [0.717, 1.165) is 16.4 Å². The van der Waals surface area contributed by atoms with E-state index in [4.69, 9.17) is 14.2 Å². The van der Waals surface area contributed by atoms with Crippen molar-refractivity contribution < 1.29 is 36.6 Å². The average molecular weight is 628 g/mol. The summed E-state index contributed by atoms with van der Waals surface area (Å²) in [5.74, 6) is -0.298. The third kappa shape index (κ3) is 7.60. The molecule has 0 aromatic heterocycles. The van der Waals surface area contributed by atoms with Crippen LogP contribution in [0.2, 0.25) is 0 Å². The number of hydrogen-bond donors (Lipinski definition) is 1. The van der Waals surface area contributed by atoms with Gasteiger partial charge < -0.3 is 24.4 Å². The molecule has 12 heteroatoms. The Kier molecular flexibility index (Phi) is 10.7. The van der Waals surface area contributed by atoms with Crippen LogP contribution in [-0.4, -0.2) is 64.1 Å². The fourth-order valence-corrected chi connectivity index (χ4v) is 6.21. The number of methoxy groups -OCH3 is 1. The number of anilines is 1. The molecule has 3 aromatic rings. The molecule has 1 aliphatic rings. The first-order chi connectivity index (χ1) is 21.1. The van der Waals surface area contributed by atoms with Crippen LogP contribution in [0.4, 0.5) is 10.1 Å². The van der Waals surface area contributed by atoms with E-state index in [1.54, 1.807) is 31.2 Å². The van der Waals surface area contributed by atoms with Crippen LogP contribution in [0.3, 0.4) is 0 Å². The van der Waals surface area contributed by atoms with E-state index >= 15 is 0 Å². The van der Waals surface area contributed by atoms with E-state index in [1.807, 2.05) is 13.8 Å². The molecule has 0 spiro atoms. The van der Waals surface area contributed by atoms with Crippen LogP contribution < -0.4 is 23.8 Å². The minimum atomic E-state index is -4.38. The summed E-state index contributed by atoms with van der Waals surface area (Å²) < 4.78 is 59.5. The van der Waals surface area contributed by atoms with Crippen molar-refractivity contribution in [1.29, 1.82) is 0 Å². The minimum Gasteiger partial charge on any atom is -0.497 e. The molecule has 0 fully saturated rings. The first kappa shape index (κ1) is 32.6. The molecule has 1 aliphatic heterocycles. The second-order valence-electron chi connectivity index (χ2n) is 10.4. The van der Waals surface area contributed by atoms with Gasteiger partial charge in [0.25, 0.3) is 10.0 Å². The average Bonchev–Trinajstić information content (AvgIpc) is 3.03. The number of nitrogens with zero attached hydrogens (tertiary/aromatic N) is 2. The minimum absolute atomic E-state index is 0.0177. The van der Waals surface area contributed by atoms with Crippen molar-refractivity contribution in [3.63, 3.8) is 0 Å². The molecule has 0 saturated heterocycles. The molecule has 0 bridgehead atoms. The molecular formula is C32H38FN3O7S. The number of amides is 2. The van der Waals surface area contributed by atoms with E-state index < -0.39 is 34.3 Å². The zero-order valence-electron chi connectivity index (χ0n) is 25.3. The third-order valence-electron chi connectivity index (χ3n) is 7.37. The molecule has 0 saturated carbocycles. The molecule has 2 atom stereocenters. The standard InChI is InChI=1S/C32H38FN3O7S/c1-5-22(3)34-32(38)28(6-2)35(20-23-8-7-9-26(18-23)41-4)31(37)21-36(25-12-10-24(33)11-13-25)44(39,40)27-14-15-29-30(19-27)43-17-16-42-29/h7-15,18-19,22,28H,5-6,16-17,20-21H2,1-4H3,(H,34,38)/t22-,28+/m1/s1. The summed E-state index contributed by atoms with van der Waals surface area (Å²) in [4.78, 5) is 28.9. The number of rotatable bonds is 13. The number of carbonyl (C=O) groups excluding carboxylic acids is 2. The van der Waals surface area contributed by atoms with Crippen molar-refractivity contribution in [2.45, 2.75) is 57.1 Å². The molecule has 0 aliphatic carbocycles. The van der Waals surface area contributed by atoms with Gasteiger partial charge in [0.2, 0.25) is 11.8 Å². The van der Waals surface area contributed by atoms with Crippen LogP contribution in [0, 0.1) is 5.82 Å². The third-order valence-corrected chi connectivity index (χ3v) is 9.14. The second kappa shape index (κ2) is 14.4. The largest absolute Gasteiger partial charge is 0.497 e. The quantitative estimate of drug-likeness (QED) is 0.296. The van der Waals surface area contributed by atoms with Gasteiger partial charge in [-0.2, -0.15) is 0 Å². The lowest BCUT2D eigenvalue weighted by molar-refractivity contribution is -0.140. The summed E-state index contributed by atoms with van der Waals surface area (Å²) in [7, 11) is -2.85. The summed E-state index contributed by atoms with van der Waals surface area (Å²) in [5.41, 5.74) is 0.767. The van der Waals surface area contributed by atoms with Gasteiger partial charge in [-0.25, -0.2) is 12.8 Å². The van der Waals surface area contributed by atoms with Crippen LogP contribution in [-0.2, 0) is 26.2 Å². The van der Waals surface area contributed by atoms with Gasteiger partial charge >= 0.3 is 0 Å².